The SMILES string of the molecule is CCc1ccccc1NC(=O)c1ccnc(C(=O)Nc2ccc(C)c(Cl)c2)c1. The standard InChI is InChI=1S/C22H20ClN3O2/c1-3-15-6-4-5-7-19(15)26-21(27)16-10-11-24-20(12-16)22(28)25-17-9-8-14(2)18(23)13-17/h4-13H,3H2,1-2H3,(H,25,28)(H,26,27). The number of nitrogens with zero attached hydrogens (tertiary/aromatic N) is 1. The molecule has 142 valence electrons. The zero-order valence-electron chi connectivity index (χ0n) is 15.6. The molecule has 0 aliphatic carbocycles. The molecule has 5 nitrogen and oxygen atoms in total. The van der Waals surface area contributed by atoms with E-state index in [-0.39, 0.29) is 11.6 Å². The molecule has 0 saturated heterocycles. The number of benzene rings is 2. The lowest BCUT2D eigenvalue weighted by Gasteiger charge is -2.10. The number of halogens is 1. The molecule has 0 saturated carbocycles. The molecule has 0 unspecified atom stereocenters. The van der Waals surface area contributed by atoms with E-state index < -0.39 is 5.91 Å². The molecule has 0 fully saturated rings. The monoisotopic (exact) mass is 393 g/mol. The molecule has 0 radical (unpaired) electrons. The first kappa shape index (κ1) is 19.6. The van der Waals surface area contributed by atoms with E-state index in [9.17, 15) is 9.59 Å². The van der Waals surface area contributed by atoms with Crippen molar-refractivity contribution in [2.24, 2.45) is 0 Å². The van der Waals surface area contributed by atoms with Crippen LogP contribution in [0.5, 0.6) is 0 Å². The summed E-state index contributed by atoms with van der Waals surface area (Å²) < 4.78 is 0. The quantitative estimate of drug-likeness (QED) is 0.632. The van der Waals surface area contributed by atoms with Crippen LogP contribution in [0.1, 0.15) is 38.9 Å². The zero-order chi connectivity index (χ0) is 20.1. The number of carbonyl (C=O) groups excluding carboxylic acids is 2. The second kappa shape index (κ2) is 8.67. The average molecular weight is 394 g/mol. The van der Waals surface area contributed by atoms with Gasteiger partial charge in [0.05, 0.1) is 0 Å². The molecular formula is C22H20ClN3O2. The first-order valence-corrected chi connectivity index (χ1v) is 9.28. The van der Waals surface area contributed by atoms with Gasteiger partial charge in [-0.2, -0.15) is 0 Å². The number of aromatic nitrogens is 1. The Morgan fingerprint density at radius 2 is 1.79 bits per heavy atom. The molecule has 0 atom stereocenters. The van der Waals surface area contributed by atoms with Gasteiger partial charge in [-0.1, -0.05) is 42.8 Å². The van der Waals surface area contributed by atoms with Gasteiger partial charge in [-0.25, -0.2) is 0 Å². The van der Waals surface area contributed by atoms with Crippen molar-refractivity contribution in [1.29, 1.82) is 0 Å². The Morgan fingerprint density at radius 1 is 1.00 bits per heavy atom. The number of amides is 2. The number of aryl methyl sites for hydroxylation is 2. The van der Waals surface area contributed by atoms with E-state index in [0.717, 1.165) is 23.2 Å². The number of anilines is 2. The van der Waals surface area contributed by atoms with Crippen LogP contribution >= 0.6 is 11.6 Å². The number of para-hydroxylation sites is 1. The Balaban J connectivity index is 1.76. The van der Waals surface area contributed by atoms with Crippen LogP contribution in [-0.4, -0.2) is 16.8 Å². The fourth-order valence-corrected chi connectivity index (χ4v) is 2.89. The molecule has 3 aromatic rings. The van der Waals surface area contributed by atoms with E-state index in [0.29, 0.717) is 16.3 Å². The van der Waals surface area contributed by atoms with Crippen LogP contribution in [-0.2, 0) is 6.42 Å². The predicted octanol–water partition coefficient (Wildman–Crippen LogP) is 5.11. The highest BCUT2D eigenvalue weighted by molar-refractivity contribution is 6.31. The molecular weight excluding hydrogens is 374 g/mol. The molecule has 0 aliphatic rings. The molecule has 0 aliphatic heterocycles. The van der Waals surface area contributed by atoms with Gasteiger partial charge in [-0.15, -0.1) is 0 Å². The molecule has 0 spiro atoms. The minimum atomic E-state index is -0.413. The normalized spacial score (nSPS) is 10.4. The number of hydrogen-bond donors (Lipinski definition) is 2. The van der Waals surface area contributed by atoms with Crippen molar-refractivity contribution in [3.05, 3.63) is 88.2 Å². The fourth-order valence-electron chi connectivity index (χ4n) is 2.71. The lowest BCUT2D eigenvalue weighted by Crippen LogP contribution is -2.17. The summed E-state index contributed by atoms with van der Waals surface area (Å²) in [5.74, 6) is -0.709. The Bertz CT molecular complexity index is 1030. The van der Waals surface area contributed by atoms with Crippen molar-refractivity contribution in [3.63, 3.8) is 0 Å². The summed E-state index contributed by atoms with van der Waals surface area (Å²) >= 11 is 6.09. The Hall–Kier alpha value is -3.18. The van der Waals surface area contributed by atoms with Crippen LogP contribution in [0.25, 0.3) is 0 Å². The third-order valence-corrected chi connectivity index (χ3v) is 4.74. The van der Waals surface area contributed by atoms with Crippen molar-refractivity contribution in [2.75, 3.05) is 10.6 Å². The van der Waals surface area contributed by atoms with Crippen molar-refractivity contribution >= 4 is 34.8 Å². The molecule has 6 heteroatoms. The topological polar surface area (TPSA) is 71.1 Å². The number of pyridine rings is 1. The van der Waals surface area contributed by atoms with E-state index in [1.165, 1.54) is 12.3 Å². The summed E-state index contributed by atoms with van der Waals surface area (Å²) in [6, 6.07) is 15.9. The maximum absolute atomic E-state index is 12.6. The van der Waals surface area contributed by atoms with Gasteiger partial charge in [0, 0.05) is 28.2 Å². The van der Waals surface area contributed by atoms with Gasteiger partial charge in [0.15, 0.2) is 0 Å². The maximum atomic E-state index is 12.6. The molecule has 28 heavy (non-hydrogen) atoms. The van der Waals surface area contributed by atoms with E-state index in [4.69, 9.17) is 11.6 Å². The predicted molar refractivity (Wildman–Crippen MR) is 112 cm³/mol. The summed E-state index contributed by atoms with van der Waals surface area (Å²) in [7, 11) is 0. The minimum absolute atomic E-state index is 0.146. The summed E-state index contributed by atoms with van der Waals surface area (Å²) in [6.07, 6.45) is 2.25. The highest BCUT2D eigenvalue weighted by Crippen LogP contribution is 2.21. The van der Waals surface area contributed by atoms with Gasteiger partial charge in [0.25, 0.3) is 11.8 Å². The summed E-state index contributed by atoms with van der Waals surface area (Å²) in [5, 5.41) is 6.20. The molecule has 2 N–H and O–H groups in total. The van der Waals surface area contributed by atoms with E-state index in [1.54, 1.807) is 18.2 Å². The molecule has 1 aromatic heterocycles. The van der Waals surface area contributed by atoms with Gasteiger partial charge < -0.3 is 10.6 Å². The molecule has 1 heterocycles. The van der Waals surface area contributed by atoms with E-state index >= 15 is 0 Å². The molecule has 2 amide bonds. The minimum Gasteiger partial charge on any atom is -0.322 e. The van der Waals surface area contributed by atoms with Crippen molar-refractivity contribution in [2.45, 2.75) is 20.3 Å². The number of hydrogen-bond acceptors (Lipinski definition) is 3. The van der Waals surface area contributed by atoms with E-state index in [1.807, 2.05) is 44.2 Å². The summed E-state index contributed by atoms with van der Waals surface area (Å²) in [6.45, 7) is 3.91. The smallest absolute Gasteiger partial charge is 0.274 e. The number of nitrogens with one attached hydrogen (secondary N) is 2. The van der Waals surface area contributed by atoms with E-state index in [2.05, 4.69) is 15.6 Å². The lowest BCUT2D eigenvalue weighted by molar-refractivity contribution is 0.102. The van der Waals surface area contributed by atoms with Crippen LogP contribution in [0.3, 0.4) is 0 Å². The average Bonchev–Trinajstić information content (AvgIpc) is 2.71. The number of rotatable bonds is 5. The van der Waals surface area contributed by atoms with Crippen LogP contribution in [0.2, 0.25) is 5.02 Å². The van der Waals surface area contributed by atoms with Gasteiger partial charge in [-0.3, -0.25) is 14.6 Å². The van der Waals surface area contributed by atoms with Crippen LogP contribution < -0.4 is 10.6 Å². The maximum Gasteiger partial charge on any atom is 0.274 e. The fraction of sp³-hybridized carbons (Fsp3) is 0.136. The van der Waals surface area contributed by atoms with Crippen molar-refractivity contribution in [3.8, 4) is 0 Å². The van der Waals surface area contributed by atoms with Gasteiger partial charge in [0.1, 0.15) is 5.69 Å². The third kappa shape index (κ3) is 4.56. The van der Waals surface area contributed by atoms with Gasteiger partial charge in [-0.05, 0) is 54.8 Å². The van der Waals surface area contributed by atoms with Crippen molar-refractivity contribution in [1.82, 2.24) is 4.98 Å². The second-order valence-corrected chi connectivity index (χ2v) is 6.72. The van der Waals surface area contributed by atoms with Crippen molar-refractivity contribution < 1.29 is 9.59 Å². The molecule has 3 rings (SSSR count). The summed E-state index contributed by atoms with van der Waals surface area (Å²) in [5.41, 5.74) is 3.78. The largest absolute Gasteiger partial charge is 0.322 e. The Morgan fingerprint density at radius 3 is 2.54 bits per heavy atom. The Labute approximate surface area is 168 Å². The second-order valence-electron chi connectivity index (χ2n) is 6.31. The first-order chi connectivity index (χ1) is 13.5. The Kier molecular flexibility index (Phi) is 6.06. The highest BCUT2D eigenvalue weighted by Gasteiger charge is 2.13. The van der Waals surface area contributed by atoms with Crippen LogP contribution in [0.15, 0.2) is 60.8 Å². The van der Waals surface area contributed by atoms with Crippen LogP contribution in [0, 0.1) is 6.92 Å². The first-order valence-electron chi connectivity index (χ1n) is 8.90. The zero-order valence-corrected chi connectivity index (χ0v) is 16.4. The summed E-state index contributed by atoms with van der Waals surface area (Å²) in [4.78, 5) is 29.2. The highest BCUT2D eigenvalue weighted by atomic mass is 35.5. The molecule has 2 aromatic carbocycles. The molecule has 0 bridgehead atoms. The van der Waals surface area contributed by atoms with Gasteiger partial charge in [0.2, 0.25) is 0 Å². The van der Waals surface area contributed by atoms with Crippen LogP contribution in [0.4, 0.5) is 11.4 Å². The number of carbonyl (C=O) groups is 2. The van der Waals surface area contributed by atoms with Gasteiger partial charge >= 0.3 is 0 Å². The third-order valence-electron chi connectivity index (χ3n) is 4.33. The lowest BCUT2D eigenvalue weighted by atomic mass is 10.1.